The van der Waals surface area contributed by atoms with E-state index in [1.165, 1.54) is 5.56 Å². The van der Waals surface area contributed by atoms with Crippen molar-refractivity contribution < 1.29 is 0 Å². The first-order valence-electron chi connectivity index (χ1n) is 6.17. The zero-order valence-corrected chi connectivity index (χ0v) is 11.4. The lowest BCUT2D eigenvalue weighted by atomic mass is 10.1. The molecule has 2 aromatic rings. The number of nitrogens with zero attached hydrogens (tertiary/aromatic N) is 1. The molecule has 94 valence electrons. The minimum absolute atomic E-state index is 0.453. The summed E-state index contributed by atoms with van der Waals surface area (Å²) in [5, 5.41) is 6.58. The van der Waals surface area contributed by atoms with Gasteiger partial charge in [-0.25, -0.2) is 4.98 Å². The lowest BCUT2D eigenvalue weighted by Gasteiger charge is -2.14. The number of benzene rings is 1. The summed E-state index contributed by atoms with van der Waals surface area (Å²) in [6, 6.07) is 8.87. The van der Waals surface area contributed by atoms with Crippen LogP contribution < -0.4 is 5.32 Å². The number of nitrogens with one attached hydrogen (secondary N) is 1. The van der Waals surface area contributed by atoms with E-state index in [9.17, 15) is 0 Å². The Labute approximate surface area is 112 Å². The molecule has 1 heterocycles. The fourth-order valence-electron chi connectivity index (χ4n) is 1.83. The first-order valence-corrected chi connectivity index (χ1v) is 7.05. The van der Waals surface area contributed by atoms with Gasteiger partial charge in [-0.1, -0.05) is 18.2 Å². The summed E-state index contributed by atoms with van der Waals surface area (Å²) in [6.07, 6.45) is 5.95. The predicted molar refractivity (Wildman–Crippen MR) is 80.1 cm³/mol. The number of anilines is 1. The molecule has 1 N–H and O–H groups in total. The fraction of sp³-hybridized carbons (Fsp3) is 0.267. The van der Waals surface area contributed by atoms with E-state index in [0.29, 0.717) is 6.04 Å². The molecule has 18 heavy (non-hydrogen) atoms. The average molecular weight is 258 g/mol. The summed E-state index contributed by atoms with van der Waals surface area (Å²) in [6.45, 7) is 5.95. The normalized spacial score (nSPS) is 12.1. The summed E-state index contributed by atoms with van der Waals surface area (Å²) in [5.41, 5.74) is 2.32. The van der Waals surface area contributed by atoms with Crippen LogP contribution in [0.3, 0.4) is 0 Å². The van der Waals surface area contributed by atoms with E-state index in [1.807, 2.05) is 17.7 Å². The van der Waals surface area contributed by atoms with Gasteiger partial charge in [-0.15, -0.1) is 17.9 Å². The Morgan fingerprint density at radius 2 is 2.39 bits per heavy atom. The van der Waals surface area contributed by atoms with E-state index in [4.69, 9.17) is 0 Å². The average Bonchev–Trinajstić information content (AvgIpc) is 2.90. The molecule has 0 bridgehead atoms. The highest BCUT2D eigenvalue weighted by Crippen LogP contribution is 2.24. The van der Waals surface area contributed by atoms with Crippen LogP contribution in [0.4, 0.5) is 5.69 Å². The van der Waals surface area contributed by atoms with Crippen LogP contribution in [0.25, 0.3) is 10.6 Å². The summed E-state index contributed by atoms with van der Waals surface area (Å²) >= 11 is 1.67. The van der Waals surface area contributed by atoms with Crippen LogP contribution in [0.5, 0.6) is 0 Å². The van der Waals surface area contributed by atoms with Gasteiger partial charge in [0.15, 0.2) is 0 Å². The largest absolute Gasteiger partial charge is 0.383 e. The second-order valence-electron chi connectivity index (χ2n) is 4.33. The van der Waals surface area contributed by atoms with Crippen molar-refractivity contribution >= 4 is 17.0 Å². The molecule has 0 spiro atoms. The van der Waals surface area contributed by atoms with Crippen LogP contribution >= 0.6 is 11.3 Å². The van der Waals surface area contributed by atoms with Crippen molar-refractivity contribution in [1.29, 1.82) is 0 Å². The summed E-state index contributed by atoms with van der Waals surface area (Å²) < 4.78 is 0. The Morgan fingerprint density at radius 1 is 1.50 bits per heavy atom. The quantitative estimate of drug-likeness (QED) is 0.767. The zero-order valence-electron chi connectivity index (χ0n) is 10.6. The van der Waals surface area contributed by atoms with E-state index in [1.54, 1.807) is 11.3 Å². The van der Waals surface area contributed by atoms with Gasteiger partial charge in [0, 0.05) is 28.9 Å². The SMILES string of the molecule is C=CCCC(C)Nc1cccc(-c2nccs2)c1. The molecule has 0 aliphatic carbocycles. The molecule has 0 aliphatic heterocycles. The first-order chi connectivity index (χ1) is 8.79. The minimum Gasteiger partial charge on any atom is -0.383 e. The maximum atomic E-state index is 4.33. The Bertz CT molecular complexity index is 491. The second kappa shape index (κ2) is 6.36. The summed E-state index contributed by atoms with van der Waals surface area (Å²) in [4.78, 5) is 4.33. The molecule has 2 nitrogen and oxygen atoms in total. The van der Waals surface area contributed by atoms with Crippen molar-refractivity contribution in [2.45, 2.75) is 25.8 Å². The minimum atomic E-state index is 0.453. The molecule has 0 saturated carbocycles. The van der Waals surface area contributed by atoms with E-state index in [-0.39, 0.29) is 0 Å². The van der Waals surface area contributed by atoms with Gasteiger partial charge in [-0.3, -0.25) is 0 Å². The van der Waals surface area contributed by atoms with Crippen molar-refractivity contribution in [2.24, 2.45) is 0 Å². The number of hydrogen-bond donors (Lipinski definition) is 1. The van der Waals surface area contributed by atoms with Gasteiger partial charge in [0.1, 0.15) is 5.01 Å². The Kier molecular flexibility index (Phi) is 4.53. The molecule has 0 fully saturated rings. The lowest BCUT2D eigenvalue weighted by Crippen LogP contribution is -2.14. The van der Waals surface area contributed by atoms with Crippen molar-refractivity contribution in [3.05, 3.63) is 48.5 Å². The van der Waals surface area contributed by atoms with Crippen molar-refractivity contribution in [3.8, 4) is 10.6 Å². The van der Waals surface area contributed by atoms with Crippen LogP contribution in [0, 0.1) is 0 Å². The fourth-order valence-corrected chi connectivity index (χ4v) is 2.47. The van der Waals surface area contributed by atoms with Crippen LogP contribution in [0.15, 0.2) is 48.5 Å². The zero-order chi connectivity index (χ0) is 12.8. The van der Waals surface area contributed by atoms with Gasteiger partial charge < -0.3 is 5.32 Å². The van der Waals surface area contributed by atoms with Crippen molar-refractivity contribution in [1.82, 2.24) is 4.98 Å². The van der Waals surface area contributed by atoms with E-state index in [0.717, 1.165) is 23.5 Å². The molecule has 0 radical (unpaired) electrons. The highest BCUT2D eigenvalue weighted by molar-refractivity contribution is 7.13. The van der Waals surface area contributed by atoms with Gasteiger partial charge >= 0.3 is 0 Å². The standard InChI is InChI=1S/C15H18N2S/c1-3-4-6-12(2)17-14-8-5-7-13(11-14)15-16-9-10-18-15/h3,5,7-12,17H,1,4,6H2,2H3. The van der Waals surface area contributed by atoms with Crippen molar-refractivity contribution in [3.63, 3.8) is 0 Å². The van der Waals surface area contributed by atoms with Gasteiger partial charge in [-0.2, -0.15) is 0 Å². The molecule has 0 aliphatic rings. The molecule has 1 atom stereocenters. The Morgan fingerprint density at radius 3 is 3.11 bits per heavy atom. The first kappa shape index (κ1) is 12.8. The number of aromatic nitrogens is 1. The van der Waals surface area contributed by atoms with Crippen LogP contribution in [-0.2, 0) is 0 Å². The Hall–Kier alpha value is -1.61. The third kappa shape index (κ3) is 3.44. The lowest BCUT2D eigenvalue weighted by molar-refractivity contribution is 0.719. The van der Waals surface area contributed by atoms with Gasteiger partial charge in [0.2, 0.25) is 0 Å². The number of allylic oxidation sites excluding steroid dienone is 1. The highest BCUT2D eigenvalue weighted by atomic mass is 32.1. The second-order valence-corrected chi connectivity index (χ2v) is 5.22. The van der Waals surface area contributed by atoms with Gasteiger partial charge in [0.25, 0.3) is 0 Å². The van der Waals surface area contributed by atoms with Crippen LogP contribution in [0.2, 0.25) is 0 Å². The van der Waals surface area contributed by atoms with E-state index >= 15 is 0 Å². The number of thiazole rings is 1. The molecule has 1 unspecified atom stereocenters. The van der Waals surface area contributed by atoms with Crippen LogP contribution in [-0.4, -0.2) is 11.0 Å². The molecule has 2 rings (SSSR count). The maximum Gasteiger partial charge on any atom is 0.123 e. The molecule has 1 aromatic carbocycles. The number of hydrogen-bond acceptors (Lipinski definition) is 3. The van der Waals surface area contributed by atoms with E-state index < -0.39 is 0 Å². The smallest absolute Gasteiger partial charge is 0.123 e. The molecule has 0 amide bonds. The van der Waals surface area contributed by atoms with Crippen molar-refractivity contribution in [2.75, 3.05) is 5.32 Å². The summed E-state index contributed by atoms with van der Waals surface area (Å²) in [7, 11) is 0. The third-order valence-electron chi connectivity index (χ3n) is 2.76. The van der Waals surface area contributed by atoms with Gasteiger partial charge in [-0.05, 0) is 31.9 Å². The van der Waals surface area contributed by atoms with Gasteiger partial charge in [0.05, 0.1) is 0 Å². The van der Waals surface area contributed by atoms with Crippen LogP contribution in [0.1, 0.15) is 19.8 Å². The molecule has 0 saturated heterocycles. The monoisotopic (exact) mass is 258 g/mol. The van der Waals surface area contributed by atoms with E-state index in [2.05, 4.69) is 48.1 Å². The number of rotatable bonds is 6. The maximum absolute atomic E-state index is 4.33. The third-order valence-corrected chi connectivity index (χ3v) is 3.58. The molecular formula is C15H18N2S. The molecule has 3 heteroatoms. The topological polar surface area (TPSA) is 24.9 Å². The summed E-state index contributed by atoms with van der Waals surface area (Å²) in [5.74, 6) is 0. The highest BCUT2D eigenvalue weighted by Gasteiger charge is 2.04. The Balaban J connectivity index is 2.06. The predicted octanol–water partition coefficient (Wildman–Crippen LogP) is 4.58. The molecular weight excluding hydrogens is 240 g/mol. The molecule has 1 aromatic heterocycles.